The first-order valence-electron chi connectivity index (χ1n) is 5.08. The lowest BCUT2D eigenvalue weighted by atomic mass is 10.3. The quantitative estimate of drug-likeness (QED) is 0.648. The van der Waals surface area contributed by atoms with Crippen molar-refractivity contribution in [3.8, 4) is 0 Å². The van der Waals surface area contributed by atoms with Crippen molar-refractivity contribution in [1.82, 2.24) is 4.72 Å². The molecule has 0 aliphatic heterocycles. The van der Waals surface area contributed by atoms with Gasteiger partial charge in [0, 0.05) is 17.3 Å². The highest BCUT2D eigenvalue weighted by molar-refractivity contribution is 9.10. The van der Waals surface area contributed by atoms with Gasteiger partial charge in [-0.2, -0.15) is 0 Å². The van der Waals surface area contributed by atoms with Gasteiger partial charge in [-0.25, -0.2) is 13.1 Å². The van der Waals surface area contributed by atoms with E-state index >= 15 is 0 Å². The second-order valence-electron chi connectivity index (χ2n) is 3.64. The smallest absolute Gasteiger partial charge is 0.241 e. The first-order valence-corrected chi connectivity index (χ1v) is 7.35. The average Bonchev–Trinajstić information content (AvgIpc) is 2.31. The lowest BCUT2D eigenvalue weighted by molar-refractivity contribution is 0.139. The van der Waals surface area contributed by atoms with Crippen molar-refractivity contribution >= 4 is 31.6 Å². The molecule has 1 atom stereocenters. The number of methoxy groups -OCH3 is 1. The number of anilines is 1. The number of rotatable bonds is 6. The van der Waals surface area contributed by atoms with Gasteiger partial charge in [0.15, 0.2) is 0 Å². The minimum absolute atomic E-state index is 0.0396. The molecule has 0 bridgehead atoms. The van der Waals surface area contributed by atoms with E-state index in [4.69, 9.17) is 15.6 Å². The van der Waals surface area contributed by atoms with Crippen LogP contribution in [0.3, 0.4) is 0 Å². The summed E-state index contributed by atoms with van der Waals surface area (Å²) in [6.07, 6.45) is 0. The molecule has 1 aromatic rings. The van der Waals surface area contributed by atoms with Crippen molar-refractivity contribution in [2.45, 2.75) is 10.9 Å². The number of sulfonamides is 1. The zero-order valence-corrected chi connectivity index (χ0v) is 12.2. The number of hydrogen-bond acceptors (Lipinski definition) is 5. The molecule has 0 saturated heterocycles. The van der Waals surface area contributed by atoms with E-state index in [0.717, 1.165) is 0 Å². The number of nitrogens with two attached hydrogens (primary N) is 1. The Morgan fingerprint density at radius 1 is 1.56 bits per heavy atom. The third-order valence-electron chi connectivity index (χ3n) is 2.19. The van der Waals surface area contributed by atoms with Gasteiger partial charge in [-0.05, 0) is 34.1 Å². The molecule has 0 fully saturated rings. The molecule has 0 radical (unpaired) electrons. The minimum atomic E-state index is -3.72. The summed E-state index contributed by atoms with van der Waals surface area (Å²) in [4.78, 5) is 0.0396. The molecule has 1 rings (SSSR count). The fourth-order valence-corrected chi connectivity index (χ4v) is 2.80. The Hall–Kier alpha value is -0.670. The van der Waals surface area contributed by atoms with Crippen LogP contribution < -0.4 is 10.5 Å². The molecule has 1 aromatic carbocycles. The van der Waals surface area contributed by atoms with Gasteiger partial charge in [-0.1, -0.05) is 0 Å². The minimum Gasteiger partial charge on any atom is -0.398 e. The van der Waals surface area contributed by atoms with E-state index in [-0.39, 0.29) is 18.1 Å². The number of nitrogens with one attached hydrogen (secondary N) is 1. The SMILES string of the molecule is COCC(CO)NS(=O)(=O)c1ccc(Br)c(N)c1. The molecule has 0 saturated carbocycles. The number of benzene rings is 1. The molecular formula is C10H15BrN2O4S. The molecule has 18 heavy (non-hydrogen) atoms. The van der Waals surface area contributed by atoms with Crippen molar-refractivity contribution < 1.29 is 18.3 Å². The number of aliphatic hydroxyl groups is 1. The largest absolute Gasteiger partial charge is 0.398 e. The van der Waals surface area contributed by atoms with Gasteiger partial charge < -0.3 is 15.6 Å². The lowest BCUT2D eigenvalue weighted by Crippen LogP contribution is -2.40. The Morgan fingerprint density at radius 3 is 2.72 bits per heavy atom. The van der Waals surface area contributed by atoms with Crippen LogP contribution in [0.1, 0.15) is 0 Å². The Bertz CT molecular complexity index is 507. The molecule has 0 aromatic heterocycles. The molecular weight excluding hydrogens is 324 g/mol. The number of halogens is 1. The first-order chi connectivity index (χ1) is 8.40. The van der Waals surface area contributed by atoms with Crippen molar-refractivity contribution in [2.24, 2.45) is 0 Å². The maximum absolute atomic E-state index is 12.0. The molecule has 1 unspecified atom stereocenters. The zero-order valence-electron chi connectivity index (χ0n) is 9.76. The molecule has 0 aliphatic carbocycles. The molecule has 8 heteroatoms. The average molecular weight is 339 g/mol. The zero-order chi connectivity index (χ0) is 13.8. The van der Waals surface area contributed by atoms with Crippen molar-refractivity contribution in [3.05, 3.63) is 22.7 Å². The summed E-state index contributed by atoms with van der Waals surface area (Å²) in [5, 5.41) is 9.03. The normalized spacial score (nSPS) is 13.5. The van der Waals surface area contributed by atoms with Crippen molar-refractivity contribution in [1.29, 1.82) is 0 Å². The van der Waals surface area contributed by atoms with E-state index in [2.05, 4.69) is 20.7 Å². The molecule has 0 heterocycles. The van der Waals surface area contributed by atoms with Gasteiger partial charge in [-0.3, -0.25) is 0 Å². The molecule has 0 amide bonds. The second-order valence-corrected chi connectivity index (χ2v) is 6.21. The van der Waals surface area contributed by atoms with E-state index in [1.807, 2.05) is 0 Å². The van der Waals surface area contributed by atoms with Crippen molar-refractivity contribution in [3.63, 3.8) is 0 Å². The van der Waals surface area contributed by atoms with Gasteiger partial charge >= 0.3 is 0 Å². The van der Waals surface area contributed by atoms with Crippen LogP contribution in [0.4, 0.5) is 5.69 Å². The Kier molecular flexibility index (Phi) is 5.54. The van der Waals surface area contributed by atoms with Crippen LogP contribution in [-0.4, -0.2) is 39.9 Å². The summed E-state index contributed by atoms with van der Waals surface area (Å²) in [6, 6.07) is 3.62. The highest BCUT2D eigenvalue weighted by atomic mass is 79.9. The number of hydrogen-bond donors (Lipinski definition) is 3. The maximum atomic E-state index is 12.0. The van der Waals surface area contributed by atoms with Crippen LogP contribution in [0.15, 0.2) is 27.6 Å². The van der Waals surface area contributed by atoms with E-state index in [0.29, 0.717) is 10.2 Å². The first kappa shape index (κ1) is 15.4. The van der Waals surface area contributed by atoms with Crippen LogP contribution in [-0.2, 0) is 14.8 Å². The topological polar surface area (TPSA) is 102 Å². The predicted octanol–water partition coefficient (Wildman–Crippen LogP) is 0.317. The molecule has 0 spiro atoms. The van der Waals surface area contributed by atoms with E-state index < -0.39 is 16.1 Å². The van der Waals surface area contributed by atoms with Crippen molar-refractivity contribution in [2.75, 3.05) is 26.1 Å². The van der Waals surface area contributed by atoms with Crippen LogP contribution in [0.25, 0.3) is 0 Å². The number of aliphatic hydroxyl groups excluding tert-OH is 1. The van der Waals surface area contributed by atoms with Crippen LogP contribution in [0, 0.1) is 0 Å². The maximum Gasteiger partial charge on any atom is 0.241 e. The van der Waals surface area contributed by atoms with Gasteiger partial charge in [0.25, 0.3) is 0 Å². The second kappa shape index (κ2) is 6.48. The Labute approximate surface area is 114 Å². The summed E-state index contributed by atoms with van der Waals surface area (Å²) in [5.41, 5.74) is 5.95. The van der Waals surface area contributed by atoms with Crippen LogP contribution in [0.2, 0.25) is 0 Å². The van der Waals surface area contributed by atoms with Gasteiger partial charge in [-0.15, -0.1) is 0 Å². The van der Waals surface area contributed by atoms with E-state index in [9.17, 15) is 8.42 Å². The molecule has 4 N–H and O–H groups in total. The van der Waals surface area contributed by atoms with Gasteiger partial charge in [0.05, 0.1) is 24.2 Å². The summed E-state index contributed by atoms with van der Waals surface area (Å²) in [6.45, 7) is -0.263. The fourth-order valence-electron chi connectivity index (χ4n) is 1.30. The monoisotopic (exact) mass is 338 g/mol. The number of ether oxygens (including phenoxy) is 1. The third-order valence-corrected chi connectivity index (χ3v) is 4.43. The van der Waals surface area contributed by atoms with Crippen LogP contribution >= 0.6 is 15.9 Å². The summed E-state index contributed by atoms with van der Waals surface area (Å²) >= 11 is 3.19. The summed E-state index contributed by atoms with van der Waals surface area (Å²) in [5.74, 6) is 0. The lowest BCUT2D eigenvalue weighted by Gasteiger charge is -2.15. The summed E-state index contributed by atoms with van der Waals surface area (Å²) < 4.78 is 31.7. The number of nitrogen functional groups attached to an aromatic ring is 1. The van der Waals surface area contributed by atoms with E-state index in [1.54, 1.807) is 6.07 Å². The molecule has 0 aliphatic rings. The Balaban J connectivity index is 2.95. The third kappa shape index (κ3) is 3.92. The Morgan fingerprint density at radius 2 is 2.22 bits per heavy atom. The molecule has 102 valence electrons. The standard InChI is InChI=1S/C10H15BrN2O4S/c1-17-6-7(5-14)13-18(15,16)8-2-3-9(11)10(12)4-8/h2-4,7,13-14H,5-6,12H2,1H3. The van der Waals surface area contributed by atoms with Gasteiger partial charge in [0.2, 0.25) is 10.0 Å². The van der Waals surface area contributed by atoms with E-state index in [1.165, 1.54) is 19.2 Å². The predicted molar refractivity (Wildman–Crippen MR) is 71.6 cm³/mol. The summed E-state index contributed by atoms with van der Waals surface area (Å²) in [7, 11) is -2.30. The fraction of sp³-hybridized carbons (Fsp3) is 0.400. The molecule has 6 nitrogen and oxygen atoms in total. The van der Waals surface area contributed by atoms with Crippen LogP contribution in [0.5, 0.6) is 0 Å². The highest BCUT2D eigenvalue weighted by Gasteiger charge is 2.20. The highest BCUT2D eigenvalue weighted by Crippen LogP contribution is 2.22. The van der Waals surface area contributed by atoms with Gasteiger partial charge in [0.1, 0.15) is 0 Å².